The van der Waals surface area contributed by atoms with Crippen molar-refractivity contribution in [3.63, 3.8) is 0 Å². The summed E-state index contributed by atoms with van der Waals surface area (Å²) >= 11 is 0. The van der Waals surface area contributed by atoms with E-state index in [1.807, 2.05) is 0 Å². The quantitative estimate of drug-likeness (QED) is 0.547. The standard InChI is InChI=1S/C8H14O4.Pd/c9-7(10)5-3-1-2-4-6-8(11)12;/h1-6H2,(H,9,10)(H,11,12);. The molecule has 0 fully saturated rings. The van der Waals surface area contributed by atoms with Gasteiger partial charge < -0.3 is 10.2 Å². The van der Waals surface area contributed by atoms with E-state index >= 15 is 0 Å². The average molecular weight is 281 g/mol. The Hall–Kier alpha value is -0.398. The van der Waals surface area contributed by atoms with Crippen LogP contribution in [0.4, 0.5) is 0 Å². The summed E-state index contributed by atoms with van der Waals surface area (Å²) in [5.41, 5.74) is 0. The summed E-state index contributed by atoms with van der Waals surface area (Å²) in [6.45, 7) is 0. The Morgan fingerprint density at radius 1 is 0.769 bits per heavy atom. The van der Waals surface area contributed by atoms with Crippen LogP contribution in [0.5, 0.6) is 0 Å². The van der Waals surface area contributed by atoms with Crippen LogP contribution in [0.1, 0.15) is 38.5 Å². The molecule has 0 unspecified atom stereocenters. The van der Waals surface area contributed by atoms with E-state index in [4.69, 9.17) is 10.2 Å². The molecule has 0 aromatic carbocycles. The topological polar surface area (TPSA) is 74.6 Å². The van der Waals surface area contributed by atoms with Crippen LogP contribution in [0.3, 0.4) is 0 Å². The Kier molecular flexibility index (Phi) is 11.2. The number of rotatable bonds is 7. The second-order valence-electron chi connectivity index (χ2n) is 2.70. The smallest absolute Gasteiger partial charge is 0.303 e. The molecule has 0 radical (unpaired) electrons. The van der Waals surface area contributed by atoms with E-state index in [1.54, 1.807) is 0 Å². The molecule has 0 saturated heterocycles. The van der Waals surface area contributed by atoms with E-state index in [2.05, 4.69) is 0 Å². The fraction of sp³-hybridized carbons (Fsp3) is 0.750. The zero-order valence-electron chi connectivity index (χ0n) is 7.27. The summed E-state index contributed by atoms with van der Waals surface area (Å²) in [7, 11) is 0. The summed E-state index contributed by atoms with van der Waals surface area (Å²) < 4.78 is 0. The van der Waals surface area contributed by atoms with Gasteiger partial charge >= 0.3 is 11.9 Å². The number of hydrogen-bond acceptors (Lipinski definition) is 2. The van der Waals surface area contributed by atoms with Crippen LogP contribution in [0.15, 0.2) is 0 Å². The third-order valence-corrected chi connectivity index (χ3v) is 1.53. The third-order valence-electron chi connectivity index (χ3n) is 1.53. The molecule has 0 aromatic heterocycles. The van der Waals surface area contributed by atoms with Gasteiger partial charge in [-0.05, 0) is 12.8 Å². The molecule has 0 aromatic rings. The molecule has 0 saturated carbocycles. The maximum atomic E-state index is 10.0. The Bertz CT molecular complexity index is 140. The predicted octanol–water partition coefficient (Wildman–Crippen LogP) is 1.49. The first kappa shape index (κ1) is 15.1. The van der Waals surface area contributed by atoms with Crippen molar-refractivity contribution in [2.45, 2.75) is 38.5 Å². The molecule has 13 heavy (non-hydrogen) atoms. The van der Waals surface area contributed by atoms with Crippen LogP contribution in [-0.2, 0) is 30.0 Å². The van der Waals surface area contributed by atoms with E-state index in [0.717, 1.165) is 12.8 Å². The number of aliphatic carboxylic acids is 2. The molecule has 2 N–H and O–H groups in total. The number of carbonyl (C=O) groups is 2. The van der Waals surface area contributed by atoms with Crippen LogP contribution in [0.25, 0.3) is 0 Å². The van der Waals surface area contributed by atoms with Crippen molar-refractivity contribution in [2.75, 3.05) is 0 Å². The summed E-state index contributed by atoms with van der Waals surface area (Å²) in [5.74, 6) is -1.57. The molecule has 80 valence electrons. The minimum absolute atomic E-state index is 0. The second kappa shape index (κ2) is 9.69. The van der Waals surface area contributed by atoms with Crippen molar-refractivity contribution in [1.29, 1.82) is 0 Å². The number of unbranched alkanes of at least 4 members (excludes halogenated alkanes) is 3. The summed E-state index contributed by atoms with van der Waals surface area (Å²) in [6, 6.07) is 0. The second-order valence-corrected chi connectivity index (χ2v) is 2.70. The normalized spacial score (nSPS) is 8.92. The zero-order valence-corrected chi connectivity index (χ0v) is 8.82. The monoisotopic (exact) mass is 280 g/mol. The van der Waals surface area contributed by atoms with E-state index in [9.17, 15) is 9.59 Å². The fourth-order valence-electron chi connectivity index (χ4n) is 0.906. The largest absolute Gasteiger partial charge is 0.481 e. The molecule has 0 aliphatic carbocycles. The van der Waals surface area contributed by atoms with Gasteiger partial charge in [0.15, 0.2) is 0 Å². The molecule has 0 bridgehead atoms. The fourth-order valence-corrected chi connectivity index (χ4v) is 0.906. The van der Waals surface area contributed by atoms with Gasteiger partial charge in [0.25, 0.3) is 0 Å². The van der Waals surface area contributed by atoms with Gasteiger partial charge in [-0.2, -0.15) is 0 Å². The van der Waals surface area contributed by atoms with E-state index < -0.39 is 11.9 Å². The molecular formula is C8H14O4Pd. The van der Waals surface area contributed by atoms with Crippen LogP contribution in [-0.4, -0.2) is 22.2 Å². The Balaban J connectivity index is 0. The molecule has 0 heterocycles. The van der Waals surface area contributed by atoms with E-state index in [-0.39, 0.29) is 33.3 Å². The summed E-state index contributed by atoms with van der Waals surface area (Å²) in [6.07, 6.45) is 3.28. The number of carboxylic acid groups (broad SMARTS) is 2. The zero-order chi connectivity index (χ0) is 9.40. The van der Waals surface area contributed by atoms with Crippen molar-refractivity contribution in [3.05, 3.63) is 0 Å². The van der Waals surface area contributed by atoms with Crippen molar-refractivity contribution in [3.8, 4) is 0 Å². The first-order chi connectivity index (χ1) is 5.63. The molecule has 0 aliphatic heterocycles. The average Bonchev–Trinajstić information content (AvgIpc) is 1.95. The van der Waals surface area contributed by atoms with E-state index in [1.165, 1.54) is 0 Å². The third kappa shape index (κ3) is 14.5. The first-order valence-corrected chi connectivity index (χ1v) is 4.06. The van der Waals surface area contributed by atoms with Gasteiger partial charge in [0.05, 0.1) is 0 Å². The molecule has 5 heteroatoms. The van der Waals surface area contributed by atoms with Crippen LogP contribution in [0.2, 0.25) is 0 Å². The molecule has 4 nitrogen and oxygen atoms in total. The summed E-state index contributed by atoms with van der Waals surface area (Å²) in [4.78, 5) is 20.1. The Morgan fingerprint density at radius 3 is 1.31 bits per heavy atom. The molecular weight excluding hydrogens is 267 g/mol. The number of hydrogen-bond donors (Lipinski definition) is 2. The van der Waals surface area contributed by atoms with Crippen molar-refractivity contribution in [1.82, 2.24) is 0 Å². The molecule has 0 atom stereocenters. The van der Waals surface area contributed by atoms with Crippen LogP contribution >= 0.6 is 0 Å². The molecule has 0 rings (SSSR count). The van der Waals surface area contributed by atoms with Gasteiger partial charge in [0.1, 0.15) is 0 Å². The minimum Gasteiger partial charge on any atom is -0.481 e. The first-order valence-electron chi connectivity index (χ1n) is 4.06. The molecule has 0 aliphatic rings. The van der Waals surface area contributed by atoms with Crippen molar-refractivity contribution in [2.24, 2.45) is 0 Å². The maximum absolute atomic E-state index is 10.0. The van der Waals surface area contributed by atoms with Gasteiger partial charge in [-0.3, -0.25) is 9.59 Å². The van der Waals surface area contributed by atoms with Gasteiger partial charge in [-0.15, -0.1) is 0 Å². The molecule has 0 amide bonds. The van der Waals surface area contributed by atoms with Gasteiger partial charge in [-0.1, -0.05) is 12.8 Å². The predicted molar refractivity (Wildman–Crippen MR) is 43.0 cm³/mol. The summed E-state index contributed by atoms with van der Waals surface area (Å²) in [5, 5.41) is 16.5. The Morgan fingerprint density at radius 2 is 1.08 bits per heavy atom. The van der Waals surface area contributed by atoms with Gasteiger partial charge in [0, 0.05) is 33.3 Å². The Labute approximate surface area is 91.0 Å². The van der Waals surface area contributed by atoms with Crippen molar-refractivity contribution >= 4 is 11.9 Å². The van der Waals surface area contributed by atoms with E-state index in [0.29, 0.717) is 12.8 Å². The SMILES string of the molecule is O=C(O)CCCCCCC(=O)O.[Pd]. The van der Waals surface area contributed by atoms with Crippen LogP contribution < -0.4 is 0 Å². The van der Waals surface area contributed by atoms with Gasteiger partial charge in [-0.25, -0.2) is 0 Å². The number of carboxylic acids is 2. The van der Waals surface area contributed by atoms with Crippen molar-refractivity contribution < 1.29 is 40.2 Å². The van der Waals surface area contributed by atoms with Crippen LogP contribution in [0, 0.1) is 0 Å². The molecule has 0 spiro atoms. The minimum atomic E-state index is -0.784. The maximum Gasteiger partial charge on any atom is 0.303 e. The van der Waals surface area contributed by atoms with Gasteiger partial charge in [0.2, 0.25) is 0 Å².